The van der Waals surface area contributed by atoms with Crippen LogP contribution in [0.4, 0.5) is 22.7 Å². The summed E-state index contributed by atoms with van der Waals surface area (Å²) in [5.74, 6) is -1.42. The van der Waals surface area contributed by atoms with E-state index in [0.717, 1.165) is 4.90 Å². The van der Waals surface area contributed by atoms with E-state index < -0.39 is 26.9 Å². The van der Waals surface area contributed by atoms with Crippen LogP contribution < -0.4 is 16.0 Å². The number of benzene rings is 4. The molecule has 1 unspecified atom stereocenters. The fourth-order valence-electron chi connectivity index (χ4n) is 4.01. The summed E-state index contributed by atoms with van der Waals surface area (Å²) in [6, 6.07) is 24.8. The van der Waals surface area contributed by atoms with Crippen molar-refractivity contribution < 1.29 is 24.2 Å². The van der Waals surface area contributed by atoms with Gasteiger partial charge in [-0.25, -0.2) is 0 Å². The van der Waals surface area contributed by atoms with Gasteiger partial charge in [-0.1, -0.05) is 18.2 Å². The largest absolute Gasteiger partial charge is 0.325 e. The SMILES string of the molecule is Cc1cc([N+](=O)[O-])ccc1NC(=O)C(C)Sc1ccc(NC(=O)/C(=C/c2ccc([N+](=O)[O-])cc2)NC(=O)c2ccccc2)cc1. The molecule has 0 bridgehead atoms. The predicted molar refractivity (Wildman–Crippen MR) is 172 cm³/mol. The number of carbonyl (C=O) groups is 3. The molecule has 0 spiro atoms. The van der Waals surface area contributed by atoms with Crippen LogP contribution in [0.15, 0.2) is 108 Å². The summed E-state index contributed by atoms with van der Waals surface area (Å²) < 4.78 is 0. The molecule has 0 fully saturated rings. The van der Waals surface area contributed by atoms with E-state index in [1.807, 2.05) is 0 Å². The van der Waals surface area contributed by atoms with Crippen molar-refractivity contribution in [2.24, 2.45) is 0 Å². The number of non-ortho nitro benzene ring substituents is 2. The first kappa shape index (κ1) is 32.1. The fourth-order valence-corrected chi connectivity index (χ4v) is 4.88. The van der Waals surface area contributed by atoms with Gasteiger partial charge in [0, 0.05) is 46.1 Å². The maximum Gasteiger partial charge on any atom is 0.272 e. The number of nitrogens with one attached hydrogen (secondary N) is 3. The number of thioether (sulfide) groups is 1. The first-order valence-corrected chi connectivity index (χ1v) is 14.3. The Kier molecular flexibility index (Phi) is 10.4. The van der Waals surface area contributed by atoms with Crippen LogP contribution in [0.1, 0.15) is 28.4 Å². The Bertz CT molecular complexity index is 1780. The van der Waals surface area contributed by atoms with Gasteiger partial charge in [-0.05, 0) is 85.6 Å². The molecule has 4 aromatic carbocycles. The molecule has 4 rings (SSSR count). The number of rotatable bonds is 11. The average molecular weight is 626 g/mol. The summed E-state index contributed by atoms with van der Waals surface area (Å²) in [4.78, 5) is 60.6. The zero-order valence-electron chi connectivity index (χ0n) is 24.1. The van der Waals surface area contributed by atoms with E-state index in [1.165, 1.54) is 60.3 Å². The molecule has 1 atom stereocenters. The van der Waals surface area contributed by atoms with Gasteiger partial charge < -0.3 is 16.0 Å². The molecule has 12 nitrogen and oxygen atoms in total. The number of anilines is 2. The van der Waals surface area contributed by atoms with Crippen molar-refractivity contribution in [1.82, 2.24) is 5.32 Å². The van der Waals surface area contributed by atoms with Gasteiger partial charge in [0.05, 0.1) is 15.1 Å². The standard InChI is InChI=1S/C32H27N5O7S/c1-20-18-26(37(43)44)14-17-28(20)34-30(38)21(2)45-27-15-10-24(11-16-27)33-32(40)29(35-31(39)23-6-4-3-5-7-23)19-22-8-12-25(13-9-22)36(41)42/h3-19,21H,1-2H3,(H,33,40)(H,34,38)(H,35,39)/b29-19-. The number of nitro benzene ring substituents is 2. The van der Waals surface area contributed by atoms with Crippen molar-refractivity contribution in [3.8, 4) is 0 Å². The highest BCUT2D eigenvalue weighted by Gasteiger charge is 2.18. The number of nitrogens with zero attached hydrogens (tertiary/aromatic N) is 2. The van der Waals surface area contributed by atoms with E-state index in [2.05, 4.69) is 16.0 Å². The minimum atomic E-state index is -0.621. The Morgan fingerprint density at radius 3 is 2.02 bits per heavy atom. The van der Waals surface area contributed by atoms with Gasteiger partial charge in [-0.15, -0.1) is 11.8 Å². The number of nitro groups is 2. The van der Waals surface area contributed by atoms with Crippen LogP contribution >= 0.6 is 11.8 Å². The molecular weight excluding hydrogens is 598 g/mol. The van der Waals surface area contributed by atoms with Crippen LogP contribution in [0, 0.1) is 27.2 Å². The Hall–Kier alpha value is -5.82. The lowest BCUT2D eigenvalue weighted by atomic mass is 10.1. The van der Waals surface area contributed by atoms with Crippen molar-refractivity contribution in [2.75, 3.05) is 10.6 Å². The van der Waals surface area contributed by atoms with E-state index in [4.69, 9.17) is 0 Å². The number of hydrogen-bond donors (Lipinski definition) is 3. The Labute approximate surface area is 261 Å². The van der Waals surface area contributed by atoms with Gasteiger partial charge in [0.2, 0.25) is 5.91 Å². The van der Waals surface area contributed by atoms with Crippen LogP contribution in [0.2, 0.25) is 0 Å². The first-order chi connectivity index (χ1) is 21.5. The topological polar surface area (TPSA) is 174 Å². The van der Waals surface area contributed by atoms with Crippen molar-refractivity contribution >= 4 is 58.3 Å². The highest BCUT2D eigenvalue weighted by atomic mass is 32.2. The normalized spacial score (nSPS) is 11.6. The number of amides is 3. The second kappa shape index (κ2) is 14.6. The quantitative estimate of drug-likeness (QED) is 0.0749. The lowest BCUT2D eigenvalue weighted by Gasteiger charge is -2.14. The number of hydrogen-bond acceptors (Lipinski definition) is 8. The first-order valence-electron chi connectivity index (χ1n) is 13.5. The highest BCUT2D eigenvalue weighted by molar-refractivity contribution is 8.00. The predicted octanol–water partition coefficient (Wildman–Crippen LogP) is 6.34. The molecule has 0 aromatic heterocycles. The highest BCUT2D eigenvalue weighted by Crippen LogP contribution is 2.27. The Morgan fingerprint density at radius 2 is 1.42 bits per heavy atom. The zero-order valence-corrected chi connectivity index (χ0v) is 24.9. The summed E-state index contributed by atoms with van der Waals surface area (Å²) in [6.07, 6.45) is 1.41. The van der Waals surface area contributed by atoms with Gasteiger partial charge >= 0.3 is 0 Å². The molecule has 3 amide bonds. The molecule has 0 aliphatic heterocycles. The molecule has 0 aliphatic rings. The molecular formula is C32H27N5O7S. The summed E-state index contributed by atoms with van der Waals surface area (Å²) in [6.45, 7) is 3.40. The molecule has 45 heavy (non-hydrogen) atoms. The zero-order chi connectivity index (χ0) is 32.5. The number of carbonyl (C=O) groups excluding carboxylic acids is 3. The van der Waals surface area contributed by atoms with Crippen LogP contribution in [0.3, 0.4) is 0 Å². The molecule has 13 heteroatoms. The van der Waals surface area contributed by atoms with Crippen LogP contribution in [0.25, 0.3) is 6.08 Å². The second-order valence-electron chi connectivity index (χ2n) is 9.71. The second-order valence-corrected chi connectivity index (χ2v) is 11.1. The average Bonchev–Trinajstić information content (AvgIpc) is 3.03. The summed E-state index contributed by atoms with van der Waals surface area (Å²) in [5.41, 5.74) is 2.01. The lowest BCUT2D eigenvalue weighted by Crippen LogP contribution is -2.30. The van der Waals surface area contributed by atoms with E-state index >= 15 is 0 Å². The Morgan fingerprint density at radius 1 is 0.800 bits per heavy atom. The van der Waals surface area contributed by atoms with E-state index in [0.29, 0.717) is 28.1 Å². The third-order valence-electron chi connectivity index (χ3n) is 6.42. The third-order valence-corrected chi connectivity index (χ3v) is 7.53. The van der Waals surface area contributed by atoms with Gasteiger partial charge in [-0.2, -0.15) is 0 Å². The molecule has 0 aliphatic carbocycles. The molecule has 228 valence electrons. The molecule has 3 N–H and O–H groups in total. The summed E-state index contributed by atoms with van der Waals surface area (Å²) >= 11 is 1.28. The minimum absolute atomic E-state index is 0.0624. The summed E-state index contributed by atoms with van der Waals surface area (Å²) in [5, 5.41) is 29.6. The lowest BCUT2D eigenvalue weighted by molar-refractivity contribution is -0.385. The third kappa shape index (κ3) is 8.84. The van der Waals surface area contributed by atoms with E-state index in [1.54, 1.807) is 68.4 Å². The number of aryl methyl sites for hydroxylation is 1. The van der Waals surface area contributed by atoms with Crippen LogP contribution in [-0.2, 0) is 9.59 Å². The molecule has 0 heterocycles. The van der Waals surface area contributed by atoms with Gasteiger partial charge in [-0.3, -0.25) is 34.6 Å². The fraction of sp³-hybridized carbons (Fsp3) is 0.0938. The molecule has 0 saturated carbocycles. The van der Waals surface area contributed by atoms with Gasteiger partial charge in [0.15, 0.2) is 0 Å². The van der Waals surface area contributed by atoms with Crippen molar-refractivity contribution in [2.45, 2.75) is 24.0 Å². The minimum Gasteiger partial charge on any atom is -0.325 e. The molecule has 0 radical (unpaired) electrons. The smallest absolute Gasteiger partial charge is 0.272 e. The van der Waals surface area contributed by atoms with Gasteiger partial charge in [0.1, 0.15) is 5.70 Å². The van der Waals surface area contributed by atoms with E-state index in [9.17, 15) is 34.6 Å². The maximum absolute atomic E-state index is 13.3. The van der Waals surface area contributed by atoms with Crippen LogP contribution in [0.5, 0.6) is 0 Å². The monoisotopic (exact) mass is 625 g/mol. The van der Waals surface area contributed by atoms with Gasteiger partial charge in [0.25, 0.3) is 23.2 Å². The Balaban J connectivity index is 1.43. The maximum atomic E-state index is 13.3. The summed E-state index contributed by atoms with van der Waals surface area (Å²) in [7, 11) is 0. The van der Waals surface area contributed by atoms with Crippen molar-refractivity contribution in [3.63, 3.8) is 0 Å². The van der Waals surface area contributed by atoms with Crippen LogP contribution in [-0.4, -0.2) is 32.8 Å². The van der Waals surface area contributed by atoms with E-state index in [-0.39, 0.29) is 23.0 Å². The van der Waals surface area contributed by atoms with Crippen molar-refractivity contribution in [1.29, 1.82) is 0 Å². The molecule has 0 saturated heterocycles. The van der Waals surface area contributed by atoms with Crippen molar-refractivity contribution in [3.05, 3.63) is 140 Å². The molecule has 4 aromatic rings.